The van der Waals surface area contributed by atoms with E-state index in [1.807, 2.05) is 67.5 Å². The smallest absolute Gasteiger partial charge is 0.157 e. The molecule has 3 rings (SSSR count). The minimum Gasteiger partial charge on any atom is -0.508 e. The quantitative estimate of drug-likeness (QED) is 0.270. The van der Waals surface area contributed by atoms with Gasteiger partial charge in [0.1, 0.15) is 11.5 Å². The van der Waals surface area contributed by atoms with E-state index < -0.39 is 0 Å². The van der Waals surface area contributed by atoms with E-state index in [-0.39, 0.29) is 28.9 Å². The first kappa shape index (κ1) is 25.9. The molecule has 0 aliphatic heterocycles. The van der Waals surface area contributed by atoms with Crippen molar-refractivity contribution in [1.29, 1.82) is 0 Å². The van der Waals surface area contributed by atoms with Crippen molar-refractivity contribution in [2.24, 2.45) is 0 Å². The second-order valence-corrected chi connectivity index (χ2v) is 7.03. The van der Waals surface area contributed by atoms with Gasteiger partial charge in [0.2, 0.25) is 0 Å². The fourth-order valence-corrected chi connectivity index (χ4v) is 3.53. The Kier molecular flexibility index (Phi) is 9.44. The van der Waals surface area contributed by atoms with Crippen molar-refractivity contribution >= 4 is 0 Å². The number of rotatable bonds is 3. The molecule has 4 N–H and O–H groups in total. The normalized spacial score (nSPS) is 10.1. The Bertz CT molecular complexity index is 965. The van der Waals surface area contributed by atoms with Crippen LogP contribution in [0.4, 0.5) is 0 Å². The summed E-state index contributed by atoms with van der Waals surface area (Å²) in [6, 6.07) is 11.9. The summed E-state index contributed by atoms with van der Waals surface area (Å²) in [5.41, 5.74) is 6.30. The zero-order valence-corrected chi connectivity index (χ0v) is 19.9. The molecule has 4 nitrogen and oxygen atoms in total. The molecule has 0 unspecified atom stereocenters. The summed E-state index contributed by atoms with van der Waals surface area (Å²) >= 11 is 0. The van der Waals surface area contributed by atoms with Crippen molar-refractivity contribution in [2.75, 3.05) is 0 Å². The molecule has 0 spiro atoms. The van der Waals surface area contributed by atoms with Gasteiger partial charge in [-0.2, -0.15) is 0 Å². The maximum absolute atomic E-state index is 10.1. The maximum Gasteiger partial charge on any atom is 0.157 e. The Morgan fingerprint density at radius 3 is 1.26 bits per heavy atom. The summed E-state index contributed by atoms with van der Waals surface area (Å²) in [5.74, 6) is -0.104. The van der Waals surface area contributed by atoms with E-state index in [0.29, 0.717) is 0 Å². The molecule has 0 amide bonds. The lowest BCUT2D eigenvalue weighted by Gasteiger charge is -2.25. The predicted molar refractivity (Wildman–Crippen MR) is 129 cm³/mol. The van der Waals surface area contributed by atoms with E-state index in [2.05, 4.69) is 0 Å². The molecule has 3 aromatic carbocycles. The zero-order valence-electron chi connectivity index (χ0n) is 19.9. The predicted octanol–water partition coefficient (Wildman–Crippen LogP) is 6.98. The van der Waals surface area contributed by atoms with E-state index >= 15 is 0 Å². The highest BCUT2D eigenvalue weighted by atomic mass is 16.3. The van der Waals surface area contributed by atoms with E-state index in [4.69, 9.17) is 0 Å². The minimum atomic E-state index is -0.227. The SMILES string of the molecule is CC.CC.Cc1c(O)ccc(C(c2ccc(O)c(O)c2)c2ccc(O)c(C)c2C)c1C. The molecule has 0 aliphatic carbocycles. The van der Waals surface area contributed by atoms with Gasteiger partial charge in [0.15, 0.2) is 11.5 Å². The van der Waals surface area contributed by atoms with Gasteiger partial charge in [-0.05, 0) is 90.9 Å². The van der Waals surface area contributed by atoms with Gasteiger partial charge in [0.25, 0.3) is 0 Å². The maximum atomic E-state index is 10.1. The van der Waals surface area contributed by atoms with Crippen LogP contribution in [0.3, 0.4) is 0 Å². The van der Waals surface area contributed by atoms with Crippen molar-refractivity contribution in [3.05, 3.63) is 81.4 Å². The lowest BCUT2D eigenvalue weighted by molar-refractivity contribution is 0.403. The minimum absolute atomic E-state index is 0.172. The second kappa shape index (κ2) is 11.3. The molecule has 0 atom stereocenters. The Labute approximate surface area is 186 Å². The fraction of sp³-hybridized carbons (Fsp3) is 0.333. The molecule has 0 radical (unpaired) electrons. The Morgan fingerprint density at radius 1 is 0.484 bits per heavy atom. The van der Waals surface area contributed by atoms with E-state index in [1.54, 1.807) is 24.3 Å². The number of hydrogen-bond acceptors (Lipinski definition) is 4. The van der Waals surface area contributed by atoms with Gasteiger partial charge < -0.3 is 20.4 Å². The van der Waals surface area contributed by atoms with Crippen molar-refractivity contribution in [3.63, 3.8) is 0 Å². The third kappa shape index (κ3) is 5.32. The molecule has 0 aromatic heterocycles. The first-order valence-corrected chi connectivity index (χ1v) is 10.8. The number of hydrogen-bond donors (Lipinski definition) is 4. The number of phenolic OH excluding ortho intramolecular Hbond substituents is 4. The molecule has 4 heteroatoms. The Balaban J connectivity index is 0.00000113. The van der Waals surface area contributed by atoms with Crippen LogP contribution < -0.4 is 0 Å². The lowest BCUT2D eigenvalue weighted by atomic mass is 9.79. The summed E-state index contributed by atoms with van der Waals surface area (Å²) in [4.78, 5) is 0. The van der Waals surface area contributed by atoms with Gasteiger partial charge in [-0.25, -0.2) is 0 Å². The first-order chi connectivity index (χ1) is 14.7. The van der Waals surface area contributed by atoms with Gasteiger partial charge in [0.05, 0.1) is 0 Å². The molecule has 0 bridgehead atoms. The molecule has 0 heterocycles. The molecule has 0 saturated heterocycles. The topological polar surface area (TPSA) is 80.9 Å². The van der Waals surface area contributed by atoms with E-state index in [1.165, 1.54) is 6.07 Å². The summed E-state index contributed by atoms with van der Waals surface area (Å²) in [5, 5.41) is 39.9. The largest absolute Gasteiger partial charge is 0.508 e. The third-order valence-corrected chi connectivity index (χ3v) is 5.56. The molecule has 3 aromatic rings. The Hall–Kier alpha value is -3.14. The van der Waals surface area contributed by atoms with Crippen LogP contribution in [0, 0.1) is 27.7 Å². The highest BCUT2D eigenvalue weighted by molar-refractivity contribution is 5.57. The van der Waals surface area contributed by atoms with Crippen molar-refractivity contribution < 1.29 is 20.4 Å². The average molecular weight is 425 g/mol. The monoisotopic (exact) mass is 424 g/mol. The number of aromatic hydroxyl groups is 4. The highest BCUT2D eigenvalue weighted by Crippen LogP contribution is 2.41. The lowest BCUT2D eigenvalue weighted by Crippen LogP contribution is -2.09. The Morgan fingerprint density at radius 2 is 0.871 bits per heavy atom. The van der Waals surface area contributed by atoms with Gasteiger partial charge in [-0.15, -0.1) is 0 Å². The summed E-state index contributed by atoms with van der Waals surface area (Å²) in [7, 11) is 0. The molecule has 31 heavy (non-hydrogen) atoms. The number of phenols is 4. The van der Waals surface area contributed by atoms with Gasteiger partial charge in [-0.1, -0.05) is 45.9 Å². The van der Waals surface area contributed by atoms with Crippen LogP contribution in [-0.4, -0.2) is 20.4 Å². The summed E-state index contributed by atoms with van der Waals surface area (Å²) < 4.78 is 0. The summed E-state index contributed by atoms with van der Waals surface area (Å²) in [6.07, 6.45) is 0. The molecule has 0 fully saturated rings. The van der Waals surface area contributed by atoms with Crippen LogP contribution in [0.2, 0.25) is 0 Å². The fourth-order valence-electron chi connectivity index (χ4n) is 3.53. The second-order valence-electron chi connectivity index (χ2n) is 7.03. The zero-order chi connectivity index (χ0) is 23.9. The standard InChI is InChI=1S/C23H24O4.2C2H6/c1-12-14(3)19(24)9-6-17(12)23(16-5-8-21(26)22(27)11-16)18-7-10-20(25)15(4)13(18)2;2*1-2/h5-11,23-27H,1-4H3;2*1-2H3. The highest BCUT2D eigenvalue weighted by Gasteiger charge is 2.24. The van der Waals surface area contributed by atoms with E-state index in [0.717, 1.165) is 38.9 Å². The van der Waals surface area contributed by atoms with Crippen LogP contribution in [0.1, 0.15) is 72.6 Å². The molecular formula is C27H36O4. The molecule has 168 valence electrons. The van der Waals surface area contributed by atoms with Gasteiger partial charge in [0, 0.05) is 5.92 Å². The van der Waals surface area contributed by atoms with Crippen LogP contribution >= 0.6 is 0 Å². The van der Waals surface area contributed by atoms with Crippen LogP contribution in [0.5, 0.6) is 23.0 Å². The third-order valence-electron chi connectivity index (χ3n) is 5.56. The van der Waals surface area contributed by atoms with Crippen LogP contribution in [0.15, 0.2) is 42.5 Å². The number of benzene rings is 3. The van der Waals surface area contributed by atoms with Crippen LogP contribution in [-0.2, 0) is 0 Å². The van der Waals surface area contributed by atoms with Crippen molar-refractivity contribution in [1.82, 2.24) is 0 Å². The molecule has 0 saturated carbocycles. The molecule has 0 aliphatic rings. The van der Waals surface area contributed by atoms with Crippen LogP contribution in [0.25, 0.3) is 0 Å². The summed E-state index contributed by atoms with van der Waals surface area (Å²) in [6.45, 7) is 15.7. The van der Waals surface area contributed by atoms with Crippen molar-refractivity contribution in [3.8, 4) is 23.0 Å². The van der Waals surface area contributed by atoms with Crippen molar-refractivity contribution in [2.45, 2.75) is 61.3 Å². The molecular weight excluding hydrogens is 388 g/mol. The van der Waals surface area contributed by atoms with Gasteiger partial charge >= 0.3 is 0 Å². The average Bonchev–Trinajstić information content (AvgIpc) is 2.78. The van der Waals surface area contributed by atoms with E-state index in [9.17, 15) is 20.4 Å². The first-order valence-electron chi connectivity index (χ1n) is 10.8. The van der Waals surface area contributed by atoms with Gasteiger partial charge in [-0.3, -0.25) is 0 Å².